The highest BCUT2D eigenvalue weighted by atomic mass is 35.5. The molecular formula is C13H12Cl2N2O2. The lowest BCUT2D eigenvalue weighted by Gasteiger charge is -2.07. The predicted molar refractivity (Wildman–Crippen MR) is 76.3 cm³/mol. The number of halogens is 2. The molecule has 0 unspecified atom stereocenters. The van der Waals surface area contributed by atoms with Gasteiger partial charge >= 0.3 is 5.97 Å². The van der Waals surface area contributed by atoms with Crippen LogP contribution in [0.15, 0.2) is 30.1 Å². The first kappa shape index (κ1) is 13.9. The zero-order valence-corrected chi connectivity index (χ0v) is 11.9. The number of ether oxygens (including phenoxy) is 1. The molecule has 0 aliphatic heterocycles. The first-order chi connectivity index (χ1) is 9.02. The number of hydrogen-bond acceptors (Lipinski definition) is 3. The van der Waals surface area contributed by atoms with Crippen LogP contribution in [0.1, 0.15) is 24.2 Å². The number of hydrogen-bond donors (Lipinski definition) is 0. The first-order valence-electron chi connectivity index (χ1n) is 5.67. The maximum Gasteiger partial charge on any atom is 0.338 e. The van der Waals surface area contributed by atoms with Crippen LogP contribution >= 0.6 is 23.2 Å². The van der Waals surface area contributed by atoms with Gasteiger partial charge in [-0.15, -0.1) is 0 Å². The second-order valence-corrected chi connectivity index (χ2v) is 4.81. The van der Waals surface area contributed by atoms with E-state index in [-0.39, 0.29) is 12.1 Å². The molecule has 1 aromatic heterocycles. The van der Waals surface area contributed by atoms with E-state index in [1.54, 1.807) is 42.9 Å². The summed E-state index contributed by atoms with van der Waals surface area (Å²) in [6.07, 6.45) is 1.39. The number of aromatic nitrogens is 2. The minimum absolute atomic E-state index is 0.158. The monoisotopic (exact) mass is 298 g/mol. The number of carbonyl (C=O) groups excluding carboxylic acids is 1. The Balaban J connectivity index is 2.41. The molecule has 19 heavy (non-hydrogen) atoms. The molecule has 0 amide bonds. The van der Waals surface area contributed by atoms with Gasteiger partial charge in [0.2, 0.25) is 0 Å². The van der Waals surface area contributed by atoms with Gasteiger partial charge in [0.25, 0.3) is 0 Å². The fourth-order valence-electron chi connectivity index (χ4n) is 1.64. The lowest BCUT2D eigenvalue weighted by Crippen LogP contribution is -2.11. The van der Waals surface area contributed by atoms with E-state index >= 15 is 0 Å². The van der Waals surface area contributed by atoms with Crippen LogP contribution in [-0.2, 0) is 4.74 Å². The maximum absolute atomic E-state index is 11.8. The van der Waals surface area contributed by atoms with Crippen molar-refractivity contribution in [1.82, 2.24) is 9.55 Å². The number of benzene rings is 1. The lowest BCUT2D eigenvalue weighted by atomic mass is 10.2. The quantitative estimate of drug-likeness (QED) is 0.809. The van der Waals surface area contributed by atoms with E-state index in [0.717, 1.165) is 5.52 Å². The summed E-state index contributed by atoms with van der Waals surface area (Å²) in [6, 6.07) is 5.08. The SMILES string of the molecule is CC(C)OC(=O)c1ccc2c(c1)ncn2/C(Cl)=C/Cl. The molecule has 0 saturated carbocycles. The third-order valence-corrected chi connectivity index (χ3v) is 3.06. The summed E-state index contributed by atoms with van der Waals surface area (Å²) in [5, 5.41) is 0.335. The van der Waals surface area contributed by atoms with E-state index in [2.05, 4.69) is 4.98 Å². The molecule has 100 valence electrons. The molecule has 2 rings (SSSR count). The van der Waals surface area contributed by atoms with Gasteiger partial charge in [-0.25, -0.2) is 9.78 Å². The highest BCUT2D eigenvalue weighted by molar-refractivity contribution is 6.50. The summed E-state index contributed by atoms with van der Waals surface area (Å²) in [5.74, 6) is -0.370. The van der Waals surface area contributed by atoms with Gasteiger partial charge in [-0.2, -0.15) is 0 Å². The number of rotatable bonds is 3. The Kier molecular flexibility index (Phi) is 4.12. The van der Waals surface area contributed by atoms with Crippen molar-refractivity contribution >= 4 is 45.4 Å². The minimum atomic E-state index is -0.370. The minimum Gasteiger partial charge on any atom is -0.459 e. The third-order valence-electron chi connectivity index (χ3n) is 2.45. The second-order valence-electron chi connectivity index (χ2n) is 4.20. The van der Waals surface area contributed by atoms with Gasteiger partial charge in [-0.1, -0.05) is 23.2 Å². The molecule has 0 fully saturated rings. The molecule has 1 heterocycles. The summed E-state index contributed by atoms with van der Waals surface area (Å²) in [4.78, 5) is 16.0. The van der Waals surface area contributed by atoms with Crippen LogP contribution in [-0.4, -0.2) is 21.6 Å². The summed E-state index contributed by atoms with van der Waals surface area (Å²) in [7, 11) is 0. The van der Waals surface area contributed by atoms with Crippen molar-refractivity contribution in [3.63, 3.8) is 0 Å². The number of imidazole rings is 1. The summed E-state index contributed by atoms with van der Waals surface area (Å²) < 4.78 is 6.75. The zero-order valence-electron chi connectivity index (χ0n) is 10.4. The third kappa shape index (κ3) is 2.91. The van der Waals surface area contributed by atoms with Gasteiger partial charge in [0, 0.05) is 5.54 Å². The molecule has 6 heteroatoms. The summed E-state index contributed by atoms with van der Waals surface area (Å²) in [6.45, 7) is 3.60. The Labute approximate surface area is 120 Å². The van der Waals surface area contributed by atoms with Gasteiger partial charge in [0.15, 0.2) is 0 Å². The number of fused-ring (bicyclic) bond motifs is 1. The van der Waals surface area contributed by atoms with Gasteiger partial charge in [-0.05, 0) is 32.0 Å². The van der Waals surface area contributed by atoms with Gasteiger partial charge < -0.3 is 4.74 Å². The predicted octanol–water partition coefficient (Wildman–Crippen LogP) is 3.84. The van der Waals surface area contributed by atoms with Crippen LogP contribution < -0.4 is 0 Å². The second kappa shape index (κ2) is 5.63. The van der Waals surface area contributed by atoms with Crippen molar-refractivity contribution in [2.75, 3.05) is 0 Å². The Morgan fingerprint density at radius 1 is 1.47 bits per heavy atom. The van der Waals surface area contributed by atoms with Crippen LogP contribution in [0.3, 0.4) is 0 Å². The molecule has 2 aromatic rings. The van der Waals surface area contributed by atoms with E-state index in [0.29, 0.717) is 16.2 Å². The normalized spacial score (nSPS) is 12.2. The van der Waals surface area contributed by atoms with E-state index in [1.165, 1.54) is 5.54 Å². The topological polar surface area (TPSA) is 44.1 Å². The number of carbonyl (C=O) groups is 1. The van der Waals surface area contributed by atoms with Gasteiger partial charge in [0.1, 0.15) is 11.5 Å². The van der Waals surface area contributed by atoms with Crippen LogP contribution in [0.2, 0.25) is 0 Å². The number of nitrogens with zero attached hydrogens (tertiary/aromatic N) is 2. The molecule has 0 atom stereocenters. The van der Waals surface area contributed by atoms with Gasteiger partial charge in [-0.3, -0.25) is 4.57 Å². The Morgan fingerprint density at radius 3 is 2.84 bits per heavy atom. The van der Waals surface area contributed by atoms with E-state index in [4.69, 9.17) is 27.9 Å². The van der Waals surface area contributed by atoms with Crippen molar-refractivity contribution in [3.05, 3.63) is 35.6 Å². The largest absolute Gasteiger partial charge is 0.459 e. The molecule has 0 spiro atoms. The molecular weight excluding hydrogens is 287 g/mol. The highest BCUT2D eigenvalue weighted by Gasteiger charge is 2.12. The Bertz CT molecular complexity index is 647. The van der Waals surface area contributed by atoms with Crippen molar-refractivity contribution in [1.29, 1.82) is 0 Å². The number of esters is 1. The van der Waals surface area contributed by atoms with Crippen LogP contribution in [0, 0.1) is 0 Å². The first-order valence-corrected chi connectivity index (χ1v) is 6.48. The molecule has 0 aliphatic carbocycles. The average Bonchev–Trinajstić information content (AvgIpc) is 2.79. The molecule has 0 aliphatic rings. The van der Waals surface area contributed by atoms with E-state index in [1.807, 2.05) is 0 Å². The summed E-state index contributed by atoms with van der Waals surface area (Å²) in [5.41, 5.74) is 3.12. The van der Waals surface area contributed by atoms with Crippen molar-refractivity contribution in [3.8, 4) is 0 Å². The fraction of sp³-hybridized carbons (Fsp3) is 0.231. The van der Waals surface area contributed by atoms with E-state index < -0.39 is 0 Å². The smallest absolute Gasteiger partial charge is 0.338 e. The maximum atomic E-state index is 11.8. The van der Waals surface area contributed by atoms with Crippen LogP contribution in [0.5, 0.6) is 0 Å². The molecule has 0 N–H and O–H groups in total. The van der Waals surface area contributed by atoms with E-state index in [9.17, 15) is 4.79 Å². The standard InChI is InChI=1S/C13H12Cl2N2O2/c1-8(2)19-13(18)9-3-4-11-10(5-9)16-7-17(11)12(15)6-14/h3-8H,1-2H3/b12-6+. The van der Waals surface area contributed by atoms with Crippen molar-refractivity contribution in [2.24, 2.45) is 0 Å². The lowest BCUT2D eigenvalue weighted by molar-refractivity contribution is 0.0378. The fourth-order valence-corrected chi connectivity index (χ4v) is 1.88. The van der Waals surface area contributed by atoms with Gasteiger partial charge in [0.05, 0.1) is 22.7 Å². The van der Waals surface area contributed by atoms with Crippen molar-refractivity contribution in [2.45, 2.75) is 20.0 Å². The molecule has 1 aromatic carbocycles. The summed E-state index contributed by atoms with van der Waals surface area (Å²) >= 11 is 11.5. The van der Waals surface area contributed by atoms with Crippen molar-refractivity contribution < 1.29 is 9.53 Å². The highest BCUT2D eigenvalue weighted by Crippen LogP contribution is 2.21. The Hall–Kier alpha value is -1.52. The van der Waals surface area contributed by atoms with Crippen LogP contribution in [0.4, 0.5) is 0 Å². The molecule has 0 bridgehead atoms. The molecule has 4 nitrogen and oxygen atoms in total. The zero-order chi connectivity index (χ0) is 14.0. The molecule has 0 radical (unpaired) electrons. The average molecular weight is 299 g/mol. The van der Waals surface area contributed by atoms with Crippen LogP contribution in [0.25, 0.3) is 16.2 Å². The molecule has 0 saturated heterocycles. The Morgan fingerprint density at radius 2 is 2.21 bits per heavy atom.